The van der Waals surface area contributed by atoms with Gasteiger partial charge in [0.05, 0.1) is 33.8 Å². The largest absolute Gasteiger partial charge is 0.370 e. The van der Waals surface area contributed by atoms with Crippen LogP contribution in [0.5, 0.6) is 0 Å². The van der Waals surface area contributed by atoms with E-state index in [4.69, 9.17) is 28.9 Å². The van der Waals surface area contributed by atoms with Gasteiger partial charge in [-0.05, 0) is 31.2 Å². The van der Waals surface area contributed by atoms with Crippen LogP contribution in [0.25, 0.3) is 0 Å². The monoisotopic (exact) mass is 557 g/mol. The Morgan fingerprint density at radius 2 is 1.83 bits per heavy atom. The van der Waals surface area contributed by atoms with Crippen LogP contribution in [0.3, 0.4) is 0 Å². The van der Waals surface area contributed by atoms with Crippen molar-refractivity contribution in [2.75, 3.05) is 30.8 Å². The molecule has 0 radical (unpaired) electrons. The summed E-state index contributed by atoms with van der Waals surface area (Å²) in [4.78, 5) is 51.5. The maximum Gasteiger partial charge on any atom is 0.324 e. The Morgan fingerprint density at radius 1 is 1.17 bits per heavy atom. The van der Waals surface area contributed by atoms with E-state index in [0.717, 1.165) is 4.88 Å². The fraction of sp³-hybridized carbons (Fsp3) is 0.417. The number of aldehydes is 1. The van der Waals surface area contributed by atoms with E-state index in [1.807, 2.05) is 27.7 Å². The molecule has 2 rings (SSSR count). The van der Waals surface area contributed by atoms with Gasteiger partial charge in [0.1, 0.15) is 11.3 Å². The topological polar surface area (TPSA) is 134 Å². The maximum atomic E-state index is 13.5. The molecule has 1 aromatic carbocycles. The lowest BCUT2D eigenvalue weighted by atomic mass is 10.1. The third-order valence-corrected chi connectivity index (χ3v) is 6.98. The number of hydrogen-bond donors (Lipinski definition) is 4. The number of carbonyl (C=O) groups excluding carboxylic acids is 4. The molecule has 0 saturated heterocycles. The number of primary amides is 1. The maximum absolute atomic E-state index is 13.5. The molecule has 2 aromatic rings. The van der Waals surface area contributed by atoms with Crippen molar-refractivity contribution in [1.82, 2.24) is 10.2 Å². The summed E-state index contributed by atoms with van der Waals surface area (Å²) in [5.74, 6) is -1.13. The van der Waals surface area contributed by atoms with Crippen LogP contribution in [0, 0.1) is 0 Å². The molecule has 0 aliphatic carbocycles. The molecular formula is C24H33Cl2N5O4S. The van der Waals surface area contributed by atoms with E-state index >= 15 is 0 Å². The first-order chi connectivity index (χ1) is 17.1. The fourth-order valence-corrected chi connectivity index (χ4v) is 4.44. The van der Waals surface area contributed by atoms with Crippen molar-refractivity contribution in [2.45, 2.75) is 46.1 Å². The van der Waals surface area contributed by atoms with Crippen molar-refractivity contribution < 1.29 is 19.2 Å². The number of amides is 4. The van der Waals surface area contributed by atoms with E-state index in [-0.39, 0.29) is 34.5 Å². The zero-order valence-electron chi connectivity index (χ0n) is 21.0. The van der Waals surface area contributed by atoms with Gasteiger partial charge >= 0.3 is 6.03 Å². The van der Waals surface area contributed by atoms with Crippen LogP contribution in [-0.2, 0) is 9.59 Å². The molecule has 1 heterocycles. The predicted molar refractivity (Wildman–Crippen MR) is 147 cm³/mol. The quantitative estimate of drug-likeness (QED) is 0.290. The van der Waals surface area contributed by atoms with Gasteiger partial charge in [-0.1, -0.05) is 57.0 Å². The van der Waals surface area contributed by atoms with E-state index in [2.05, 4.69) is 16.0 Å². The van der Waals surface area contributed by atoms with Gasteiger partial charge < -0.3 is 26.1 Å². The molecule has 1 aromatic heterocycles. The van der Waals surface area contributed by atoms with Crippen LogP contribution in [0.1, 0.15) is 55.3 Å². The van der Waals surface area contributed by atoms with Crippen LogP contribution < -0.4 is 21.7 Å². The first-order valence-corrected chi connectivity index (χ1v) is 13.0. The second kappa shape index (κ2) is 15.5. The third-order valence-electron chi connectivity index (χ3n) is 4.81. The number of likely N-dealkylation sites (N-methyl/N-ethyl adjacent to an activating group) is 1. The molecule has 12 heteroatoms. The van der Waals surface area contributed by atoms with Gasteiger partial charge in [-0.15, -0.1) is 11.3 Å². The van der Waals surface area contributed by atoms with Gasteiger partial charge in [-0.3, -0.25) is 14.9 Å². The lowest BCUT2D eigenvalue weighted by molar-refractivity contribution is -0.122. The highest BCUT2D eigenvalue weighted by Gasteiger charge is 2.29. The second-order valence-corrected chi connectivity index (χ2v) is 9.57. The van der Waals surface area contributed by atoms with Gasteiger partial charge in [-0.2, -0.15) is 0 Å². The van der Waals surface area contributed by atoms with E-state index in [1.165, 1.54) is 16.2 Å². The van der Waals surface area contributed by atoms with Crippen LogP contribution in [-0.4, -0.2) is 55.2 Å². The van der Waals surface area contributed by atoms with Crippen molar-refractivity contribution in [1.29, 1.82) is 0 Å². The van der Waals surface area contributed by atoms with E-state index in [0.29, 0.717) is 23.5 Å². The molecule has 9 nitrogen and oxygen atoms in total. The molecule has 0 aliphatic heterocycles. The molecule has 198 valence electrons. The number of nitrogens with one attached hydrogen (secondary N) is 3. The first kappa shape index (κ1) is 31.4. The highest BCUT2D eigenvalue weighted by molar-refractivity contribution is 7.16. The van der Waals surface area contributed by atoms with Crippen molar-refractivity contribution >= 4 is 69.4 Å². The van der Waals surface area contributed by atoms with Gasteiger partial charge in [0, 0.05) is 18.0 Å². The molecule has 1 atom stereocenters. The summed E-state index contributed by atoms with van der Waals surface area (Å²) < 4.78 is 0. The van der Waals surface area contributed by atoms with Crippen LogP contribution in [0.4, 0.5) is 15.5 Å². The highest BCUT2D eigenvalue weighted by Crippen LogP contribution is 2.35. The molecular weight excluding hydrogens is 525 g/mol. The Balaban J connectivity index is 0.00000316. The summed E-state index contributed by atoms with van der Waals surface area (Å²) in [6.07, 6.45) is 0.214. The average molecular weight is 559 g/mol. The van der Waals surface area contributed by atoms with E-state index < -0.39 is 23.9 Å². The number of rotatable bonds is 11. The Kier molecular flexibility index (Phi) is 13.5. The molecule has 0 fully saturated rings. The van der Waals surface area contributed by atoms with Gasteiger partial charge in [0.25, 0.3) is 5.91 Å². The van der Waals surface area contributed by atoms with Crippen LogP contribution >= 0.6 is 34.5 Å². The number of nitrogens with two attached hydrogens (primary N) is 1. The van der Waals surface area contributed by atoms with E-state index in [9.17, 15) is 19.2 Å². The third kappa shape index (κ3) is 8.77. The molecule has 5 N–H and O–H groups in total. The first-order valence-electron chi connectivity index (χ1n) is 11.4. The minimum atomic E-state index is -1.03. The molecule has 36 heavy (non-hydrogen) atoms. The normalized spacial score (nSPS) is 11.2. The van der Waals surface area contributed by atoms with Crippen molar-refractivity contribution in [3.05, 3.63) is 44.8 Å². The number of halogens is 2. The summed E-state index contributed by atoms with van der Waals surface area (Å²) in [6.45, 7) is 8.45. The number of nitrogens with zero attached hydrogens (tertiary/aromatic N) is 1. The lowest BCUT2D eigenvalue weighted by Gasteiger charge is -2.27. The number of carbonyl (C=O) groups is 4. The predicted octanol–water partition coefficient (Wildman–Crippen LogP) is 4.95. The lowest BCUT2D eigenvalue weighted by Crippen LogP contribution is -2.46. The summed E-state index contributed by atoms with van der Waals surface area (Å²) in [6, 6.07) is 4.84. The Labute approximate surface area is 225 Å². The summed E-state index contributed by atoms with van der Waals surface area (Å²) in [7, 11) is 1.70. The van der Waals surface area contributed by atoms with Crippen molar-refractivity contribution in [3.63, 3.8) is 0 Å². The number of benzene rings is 1. The number of hydrogen-bond acceptors (Lipinski definition) is 6. The summed E-state index contributed by atoms with van der Waals surface area (Å²) >= 11 is 13.4. The second-order valence-electron chi connectivity index (χ2n) is 7.70. The Hall–Kier alpha value is -2.66. The van der Waals surface area contributed by atoms with Crippen LogP contribution in [0.15, 0.2) is 24.3 Å². The number of anilines is 2. The van der Waals surface area contributed by atoms with Gasteiger partial charge in [0.2, 0.25) is 5.91 Å². The SMILES string of the molecule is CC.CNCCN(C(=O)c1cc(C(C)C)sc1NC(=O)Nc1cccc(Cl)c1Cl)C(C=O)CC(N)=O. The Bertz CT molecular complexity index is 1060. The standard InChI is InChI=1S/C22H27Cl2N5O4S.C2H6/c1-12(2)17-10-14(21(32)29(8-7-26-3)13(11-30)9-18(25)31)20(34-17)28-22(33)27-16-6-4-5-15(23)19(16)24;1-2/h4-6,10-13,26H,7-9H2,1-3H3,(H2,25,31)(H2,27,28,33);1-2H3. The number of urea groups is 1. The highest BCUT2D eigenvalue weighted by atomic mass is 35.5. The fourth-order valence-electron chi connectivity index (χ4n) is 3.05. The molecule has 0 aliphatic rings. The molecule has 0 bridgehead atoms. The zero-order valence-corrected chi connectivity index (χ0v) is 23.3. The van der Waals surface area contributed by atoms with Crippen LogP contribution in [0.2, 0.25) is 10.0 Å². The average Bonchev–Trinajstić information content (AvgIpc) is 3.26. The van der Waals surface area contributed by atoms with Crippen molar-refractivity contribution in [3.8, 4) is 0 Å². The number of thiophene rings is 1. The Morgan fingerprint density at radius 3 is 2.39 bits per heavy atom. The molecule has 4 amide bonds. The smallest absolute Gasteiger partial charge is 0.324 e. The van der Waals surface area contributed by atoms with Crippen molar-refractivity contribution in [2.24, 2.45) is 5.73 Å². The molecule has 0 spiro atoms. The summed E-state index contributed by atoms with van der Waals surface area (Å²) in [5.41, 5.74) is 5.78. The molecule has 0 saturated carbocycles. The zero-order chi connectivity index (χ0) is 27.4. The summed E-state index contributed by atoms with van der Waals surface area (Å²) in [5, 5.41) is 8.99. The van der Waals surface area contributed by atoms with Gasteiger partial charge in [-0.25, -0.2) is 4.79 Å². The van der Waals surface area contributed by atoms with Gasteiger partial charge in [0.15, 0.2) is 0 Å². The van der Waals surface area contributed by atoms with E-state index in [1.54, 1.807) is 31.3 Å². The minimum Gasteiger partial charge on any atom is -0.370 e. The molecule has 1 unspecified atom stereocenters. The minimum absolute atomic E-state index is 0.0794.